The molecule has 0 spiro atoms. The maximum absolute atomic E-state index is 12.6. The van der Waals surface area contributed by atoms with Crippen LogP contribution in [0.25, 0.3) is 0 Å². The van der Waals surface area contributed by atoms with Crippen molar-refractivity contribution in [3.05, 3.63) is 83.6 Å². The number of nitrogens with one attached hydrogen (secondary N) is 1. The van der Waals surface area contributed by atoms with Gasteiger partial charge in [-0.25, -0.2) is 4.79 Å². The fourth-order valence-electron chi connectivity index (χ4n) is 4.38. The first-order valence-corrected chi connectivity index (χ1v) is 10.6. The van der Waals surface area contributed by atoms with Crippen LogP contribution in [0.2, 0.25) is 0 Å². The third-order valence-corrected chi connectivity index (χ3v) is 6.16. The highest BCUT2D eigenvalue weighted by Gasteiger charge is 2.26. The minimum Gasteiger partial charge on any atom is -0.459 e. The number of carbonyl (C=O) groups is 2. The molecule has 1 N–H and O–H groups in total. The zero-order valence-corrected chi connectivity index (χ0v) is 17.2. The van der Waals surface area contributed by atoms with Crippen LogP contribution in [0.1, 0.15) is 46.0 Å². The second-order valence-electron chi connectivity index (χ2n) is 8.10. The van der Waals surface area contributed by atoms with Crippen LogP contribution in [-0.4, -0.2) is 39.8 Å². The zero-order valence-electron chi connectivity index (χ0n) is 17.2. The van der Waals surface area contributed by atoms with Crippen molar-refractivity contribution in [2.45, 2.75) is 31.8 Å². The van der Waals surface area contributed by atoms with Crippen LogP contribution < -0.4 is 5.32 Å². The van der Waals surface area contributed by atoms with Crippen LogP contribution in [0.4, 0.5) is 10.5 Å². The van der Waals surface area contributed by atoms with Gasteiger partial charge in [0.2, 0.25) is 0 Å². The molecule has 7 nitrogen and oxygen atoms in total. The predicted molar refractivity (Wildman–Crippen MR) is 116 cm³/mol. The molecule has 0 atom stereocenters. The molecule has 3 aromatic rings. The van der Waals surface area contributed by atoms with E-state index in [1.807, 2.05) is 29.3 Å². The molecule has 5 rings (SSSR count). The van der Waals surface area contributed by atoms with Crippen LogP contribution in [0.5, 0.6) is 0 Å². The number of amides is 3. The number of carbonyl (C=O) groups excluding carboxylic acids is 2. The molecular formula is C24H24N4O3. The Hall–Kier alpha value is -3.61. The van der Waals surface area contributed by atoms with Crippen molar-refractivity contribution in [1.82, 2.24) is 14.8 Å². The van der Waals surface area contributed by atoms with Gasteiger partial charge in [0.05, 0.1) is 6.26 Å². The van der Waals surface area contributed by atoms with Gasteiger partial charge < -0.3 is 19.5 Å². The number of benzene rings is 1. The lowest BCUT2D eigenvalue weighted by molar-refractivity contribution is 0.0681. The number of likely N-dealkylation sites (tertiary alicyclic amines) is 1. The van der Waals surface area contributed by atoms with Gasteiger partial charge in [-0.1, -0.05) is 12.1 Å². The average Bonchev–Trinajstić information content (AvgIpc) is 3.49. The standard InChI is InChI=1S/C24H24N4O3/c29-23(22-2-1-13-31-22)27-11-8-18(9-12-27)17-3-5-21(6-4-17)26-24(30)28-15-19-7-10-25-14-20(19)16-28/h1-7,10,13-14,18H,8-9,11-12,15-16H2,(H,26,30). The van der Waals surface area contributed by atoms with E-state index < -0.39 is 0 Å². The Labute approximate surface area is 180 Å². The highest BCUT2D eigenvalue weighted by molar-refractivity contribution is 5.91. The molecule has 7 heteroatoms. The Kier molecular flexibility index (Phi) is 5.16. The summed E-state index contributed by atoms with van der Waals surface area (Å²) in [6, 6.07) is 13.4. The lowest BCUT2D eigenvalue weighted by Gasteiger charge is -2.31. The summed E-state index contributed by atoms with van der Waals surface area (Å²) in [4.78, 5) is 32.8. The minimum absolute atomic E-state index is 0.0404. The van der Waals surface area contributed by atoms with Gasteiger partial charge in [-0.05, 0) is 65.8 Å². The number of rotatable bonds is 3. The summed E-state index contributed by atoms with van der Waals surface area (Å²) in [5, 5.41) is 2.99. The number of hydrogen-bond acceptors (Lipinski definition) is 4. The number of urea groups is 1. The Balaban J connectivity index is 1.15. The maximum atomic E-state index is 12.6. The van der Waals surface area contributed by atoms with E-state index in [4.69, 9.17) is 4.42 Å². The molecule has 0 aliphatic carbocycles. The molecule has 2 aliphatic rings. The predicted octanol–water partition coefficient (Wildman–Crippen LogP) is 4.24. The van der Waals surface area contributed by atoms with Crippen molar-refractivity contribution in [3.63, 3.8) is 0 Å². The molecule has 4 heterocycles. The van der Waals surface area contributed by atoms with Gasteiger partial charge in [-0.2, -0.15) is 0 Å². The van der Waals surface area contributed by atoms with Crippen molar-refractivity contribution in [2.75, 3.05) is 18.4 Å². The second kappa shape index (κ2) is 8.26. The largest absolute Gasteiger partial charge is 0.459 e. The van der Waals surface area contributed by atoms with Crippen LogP contribution in [0.3, 0.4) is 0 Å². The third kappa shape index (κ3) is 4.03. The fourth-order valence-corrected chi connectivity index (χ4v) is 4.38. The fraction of sp³-hybridized carbons (Fsp3) is 0.292. The second-order valence-corrected chi connectivity index (χ2v) is 8.10. The molecule has 0 radical (unpaired) electrons. The number of nitrogens with zero attached hydrogens (tertiary/aromatic N) is 3. The zero-order chi connectivity index (χ0) is 21.2. The highest BCUT2D eigenvalue weighted by Crippen LogP contribution is 2.30. The van der Waals surface area contributed by atoms with Crippen molar-refractivity contribution in [3.8, 4) is 0 Å². The molecule has 3 amide bonds. The van der Waals surface area contributed by atoms with Crippen LogP contribution in [0, 0.1) is 0 Å². The summed E-state index contributed by atoms with van der Waals surface area (Å²) in [6.07, 6.45) is 6.94. The van der Waals surface area contributed by atoms with Crippen LogP contribution >= 0.6 is 0 Å². The smallest absolute Gasteiger partial charge is 0.322 e. The quantitative estimate of drug-likeness (QED) is 0.693. The number of furan rings is 1. The number of anilines is 1. The molecule has 1 saturated heterocycles. The summed E-state index contributed by atoms with van der Waals surface area (Å²) < 4.78 is 5.23. The molecule has 1 aromatic carbocycles. The topological polar surface area (TPSA) is 78.7 Å². The molecule has 2 aliphatic heterocycles. The number of pyridine rings is 1. The van der Waals surface area contributed by atoms with Gasteiger partial charge in [-0.3, -0.25) is 9.78 Å². The van der Waals surface area contributed by atoms with Gasteiger partial charge in [0.15, 0.2) is 5.76 Å². The molecule has 31 heavy (non-hydrogen) atoms. The lowest BCUT2D eigenvalue weighted by atomic mass is 9.89. The minimum atomic E-state index is -0.103. The summed E-state index contributed by atoms with van der Waals surface area (Å²) in [7, 11) is 0. The van der Waals surface area contributed by atoms with Crippen molar-refractivity contribution in [2.24, 2.45) is 0 Å². The molecule has 2 aromatic heterocycles. The van der Waals surface area contributed by atoms with E-state index in [0.717, 1.165) is 29.7 Å². The lowest BCUT2D eigenvalue weighted by Crippen LogP contribution is -2.37. The maximum Gasteiger partial charge on any atom is 0.322 e. The highest BCUT2D eigenvalue weighted by atomic mass is 16.3. The Morgan fingerprint density at radius 2 is 1.74 bits per heavy atom. The third-order valence-electron chi connectivity index (χ3n) is 6.16. The normalized spacial score (nSPS) is 16.3. The van der Waals surface area contributed by atoms with Crippen LogP contribution in [0.15, 0.2) is 65.5 Å². The number of hydrogen-bond donors (Lipinski definition) is 1. The molecular weight excluding hydrogens is 392 g/mol. The summed E-state index contributed by atoms with van der Waals surface area (Å²) in [5.74, 6) is 0.767. The monoisotopic (exact) mass is 416 g/mol. The van der Waals surface area contributed by atoms with Gasteiger partial charge in [0.25, 0.3) is 5.91 Å². The first-order chi connectivity index (χ1) is 15.2. The van der Waals surface area contributed by atoms with E-state index in [1.54, 1.807) is 23.2 Å². The number of aromatic nitrogens is 1. The van der Waals surface area contributed by atoms with Gasteiger partial charge in [0, 0.05) is 44.3 Å². The first-order valence-electron chi connectivity index (χ1n) is 10.6. The van der Waals surface area contributed by atoms with Gasteiger partial charge in [-0.15, -0.1) is 0 Å². The Morgan fingerprint density at radius 1 is 0.968 bits per heavy atom. The van der Waals surface area contributed by atoms with E-state index in [1.165, 1.54) is 11.8 Å². The van der Waals surface area contributed by atoms with E-state index in [0.29, 0.717) is 37.9 Å². The molecule has 0 unspecified atom stereocenters. The Morgan fingerprint density at radius 3 is 2.45 bits per heavy atom. The van der Waals surface area contributed by atoms with Crippen molar-refractivity contribution in [1.29, 1.82) is 0 Å². The summed E-state index contributed by atoms with van der Waals surface area (Å²) in [5.41, 5.74) is 4.28. The number of piperidine rings is 1. The van der Waals surface area contributed by atoms with Crippen molar-refractivity contribution < 1.29 is 14.0 Å². The first kappa shape index (κ1) is 19.4. The van der Waals surface area contributed by atoms with Gasteiger partial charge in [0.1, 0.15) is 0 Å². The molecule has 158 valence electrons. The Bertz CT molecular complexity index is 1050. The van der Waals surface area contributed by atoms with Gasteiger partial charge >= 0.3 is 6.03 Å². The van der Waals surface area contributed by atoms with E-state index in [2.05, 4.69) is 22.4 Å². The summed E-state index contributed by atoms with van der Waals surface area (Å²) in [6.45, 7) is 2.62. The van der Waals surface area contributed by atoms with Crippen LogP contribution in [-0.2, 0) is 13.1 Å². The SMILES string of the molecule is O=C(Nc1ccc(C2CCN(C(=O)c3ccco3)CC2)cc1)N1Cc2ccncc2C1. The average molecular weight is 416 g/mol. The molecule has 0 saturated carbocycles. The van der Waals surface area contributed by atoms with E-state index >= 15 is 0 Å². The number of fused-ring (bicyclic) bond motifs is 1. The van der Waals surface area contributed by atoms with E-state index in [-0.39, 0.29) is 11.9 Å². The summed E-state index contributed by atoms with van der Waals surface area (Å²) >= 11 is 0. The molecule has 0 bridgehead atoms. The van der Waals surface area contributed by atoms with Crippen molar-refractivity contribution >= 4 is 17.6 Å². The van der Waals surface area contributed by atoms with E-state index in [9.17, 15) is 9.59 Å². The molecule has 1 fully saturated rings.